The third-order valence-corrected chi connectivity index (χ3v) is 4.71. The highest BCUT2D eigenvalue weighted by atomic mass is 16.5. The SMILES string of the molecule is COC(=O)Cc1c(C)c2ccc(OCC(=O)N3CCNC3=O)c(C)c2oc1=O. The lowest BCUT2D eigenvalue weighted by molar-refractivity contribution is -0.139. The molecule has 0 radical (unpaired) electrons. The minimum Gasteiger partial charge on any atom is -0.483 e. The fraction of sp³-hybridized carbons (Fsp3) is 0.368. The number of nitrogens with one attached hydrogen (secondary N) is 1. The second-order valence-corrected chi connectivity index (χ2v) is 6.38. The fourth-order valence-corrected chi connectivity index (χ4v) is 3.07. The van der Waals surface area contributed by atoms with E-state index >= 15 is 0 Å². The van der Waals surface area contributed by atoms with Gasteiger partial charge in [0.15, 0.2) is 6.61 Å². The Hall–Kier alpha value is -3.36. The molecule has 1 aliphatic heterocycles. The van der Waals surface area contributed by atoms with Gasteiger partial charge >= 0.3 is 17.6 Å². The van der Waals surface area contributed by atoms with Gasteiger partial charge < -0.3 is 19.2 Å². The number of hydrogen-bond acceptors (Lipinski definition) is 7. The van der Waals surface area contributed by atoms with Crippen LogP contribution in [0.2, 0.25) is 0 Å². The molecule has 2 heterocycles. The molecule has 0 atom stereocenters. The third-order valence-electron chi connectivity index (χ3n) is 4.71. The smallest absolute Gasteiger partial charge is 0.340 e. The normalized spacial score (nSPS) is 13.5. The van der Waals surface area contributed by atoms with Crippen molar-refractivity contribution in [1.82, 2.24) is 10.2 Å². The van der Waals surface area contributed by atoms with E-state index in [-0.39, 0.29) is 18.6 Å². The molecule has 28 heavy (non-hydrogen) atoms. The molecule has 9 heteroatoms. The summed E-state index contributed by atoms with van der Waals surface area (Å²) in [5.74, 6) is -0.625. The summed E-state index contributed by atoms with van der Waals surface area (Å²) in [6, 6.07) is 2.91. The van der Waals surface area contributed by atoms with Crippen molar-refractivity contribution in [1.29, 1.82) is 0 Å². The summed E-state index contributed by atoms with van der Waals surface area (Å²) in [5.41, 5.74) is 1.10. The Morgan fingerprint density at radius 2 is 1.96 bits per heavy atom. The number of urea groups is 1. The number of benzene rings is 1. The van der Waals surface area contributed by atoms with Crippen LogP contribution in [0.4, 0.5) is 4.79 Å². The molecule has 0 unspecified atom stereocenters. The first kappa shape index (κ1) is 19.4. The summed E-state index contributed by atoms with van der Waals surface area (Å²) in [5, 5.41) is 3.21. The number of amides is 3. The van der Waals surface area contributed by atoms with Crippen LogP contribution in [0.5, 0.6) is 5.75 Å². The number of carbonyl (C=O) groups excluding carboxylic acids is 3. The average Bonchev–Trinajstić information content (AvgIpc) is 3.10. The number of imide groups is 1. The molecule has 3 amide bonds. The van der Waals surface area contributed by atoms with Crippen molar-refractivity contribution in [2.75, 3.05) is 26.8 Å². The quantitative estimate of drug-likeness (QED) is 0.601. The summed E-state index contributed by atoms with van der Waals surface area (Å²) >= 11 is 0. The van der Waals surface area contributed by atoms with E-state index in [1.807, 2.05) is 0 Å². The average molecular weight is 388 g/mol. The lowest BCUT2D eigenvalue weighted by atomic mass is 10.0. The molecule has 1 saturated heterocycles. The number of ether oxygens (including phenoxy) is 2. The van der Waals surface area contributed by atoms with E-state index in [1.54, 1.807) is 26.0 Å². The molecule has 3 rings (SSSR count). The van der Waals surface area contributed by atoms with Crippen molar-refractivity contribution < 1.29 is 28.3 Å². The van der Waals surface area contributed by atoms with Gasteiger partial charge in [-0.1, -0.05) is 0 Å². The Kier molecular flexibility index (Phi) is 5.34. The number of esters is 1. The number of carbonyl (C=O) groups is 3. The molecule has 1 aromatic carbocycles. The summed E-state index contributed by atoms with van der Waals surface area (Å²) in [7, 11) is 1.25. The van der Waals surface area contributed by atoms with Gasteiger partial charge in [0.05, 0.1) is 19.1 Å². The van der Waals surface area contributed by atoms with Crippen LogP contribution < -0.4 is 15.7 Å². The summed E-state index contributed by atoms with van der Waals surface area (Å²) in [6.07, 6.45) is -0.176. The van der Waals surface area contributed by atoms with Crippen LogP contribution in [0.1, 0.15) is 16.7 Å². The number of hydrogen-bond donors (Lipinski definition) is 1. The lowest BCUT2D eigenvalue weighted by Crippen LogP contribution is -2.37. The Morgan fingerprint density at radius 1 is 1.21 bits per heavy atom. The van der Waals surface area contributed by atoms with Crippen molar-refractivity contribution in [3.8, 4) is 5.75 Å². The predicted molar refractivity (Wildman–Crippen MR) is 98.3 cm³/mol. The van der Waals surface area contributed by atoms with Gasteiger partial charge in [0, 0.05) is 24.0 Å². The highest BCUT2D eigenvalue weighted by molar-refractivity contribution is 5.96. The zero-order valence-corrected chi connectivity index (χ0v) is 15.8. The molecule has 1 N–H and O–H groups in total. The molecule has 9 nitrogen and oxygen atoms in total. The van der Waals surface area contributed by atoms with Gasteiger partial charge in [0.1, 0.15) is 11.3 Å². The van der Waals surface area contributed by atoms with E-state index in [0.29, 0.717) is 40.9 Å². The zero-order valence-electron chi connectivity index (χ0n) is 15.8. The summed E-state index contributed by atoms with van der Waals surface area (Å²) in [6.45, 7) is 3.83. The van der Waals surface area contributed by atoms with Crippen molar-refractivity contribution in [2.45, 2.75) is 20.3 Å². The lowest BCUT2D eigenvalue weighted by Gasteiger charge is -2.15. The molecule has 0 aliphatic carbocycles. The van der Waals surface area contributed by atoms with Gasteiger partial charge in [-0.3, -0.25) is 14.5 Å². The standard InChI is InChI=1S/C19H20N2O7/c1-10-12-4-5-14(27-9-15(22)21-7-6-20-19(21)25)11(2)17(12)28-18(24)13(10)8-16(23)26-3/h4-5H,6-9H2,1-3H3,(H,20,25). The first-order valence-corrected chi connectivity index (χ1v) is 8.67. The maximum atomic E-state index is 12.3. The van der Waals surface area contributed by atoms with Crippen LogP contribution >= 0.6 is 0 Å². The van der Waals surface area contributed by atoms with E-state index in [1.165, 1.54) is 7.11 Å². The highest BCUT2D eigenvalue weighted by Gasteiger charge is 2.26. The zero-order chi connectivity index (χ0) is 20.4. The van der Waals surface area contributed by atoms with Gasteiger partial charge in [-0.05, 0) is 31.5 Å². The van der Waals surface area contributed by atoms with Crippen LogP contribution in [-0.2, 0) is 20.7 Å². The molecule has 0 bridgehead atoms. The molecular weight excluding hydrogens is 368 g/mol. The molecule has 0 saturated carbocycles. The van der Waals surface area contributed by atoms with E-state index in [0.717, 1.165) is 4.90 Å². The molecule has 0 spiro atoms. The summed E-state index contributed by atoms with van der Waals surface area (Å²) < 4.78 is 15.6. The second kappa shape index (κ2) is 7.71. The second-order valence-electron chi connectivity index (χ2n) is 6.38. The molecule has 2 aromatic rings. The summed E-state index contributed by atoms with van der Waals surface area (Å²) in [4.78, 5) is 48.6. The van der Waals surface area contributed by atoms with Gasteiger partial charge in [0.25, 0.3) is 5.91 Å². The Balaban J connectivity index is 1.88. The Labute approximate surface area is 160 Å². The van der Waals surface area contributed by atoms with E-state index in [9.17, 15) is 19.2 Å². The van der Waals surface area contributed by atoms with Crippen LogP contribution in [0.15, 0.2) is 21.3 Å². The largest absolute Gasteiger partial charge is 0.483 e. The van der Waals surface area contributed by atoms with E-state index < -0.39 is 23.5 Å². The van der Waals surface area contributed by atoms with Gasteiger partial charge in [-0.25, -0.2) is 9.59 Å². The van der Waals surface area contributed by atoms with Gasteiger partial charge in [-0.15, -0.1) is 0 Å². The van der Waals surface area contributed by atoms with E-state index in [2.05, 4.69) is 10.1 Å². The monoisotopic (exact) mass is 388 g/mol. The predicted octanol–water partition coefficient (Wildman–Crippen LogP) is 1.06. The minimum atomic E-state index is -0.625. The van der Waals surface area contributed by atoms with Crippen molar-refractivity contribution >= 4 is 28.9 Å². The number of fused-ring (bicyclic) bond motifs is 1. The van der Waals surface area contributed by atoms with Gasteiger partial charge in [-0.2, -0.15) is 0 Å². The van der Waals surface area contributed by atoms with E-state index in [4.69, 9.17) is 9.15 Å². The molecule has 1 fully saturated rings. The minimum absolute atomic E-state index is 0.176. The molecule has 1 aliphatic rings. The fourth-order valence-electron chi connectivity index (χ4n) is 3.07. The van der Waals surface area contributed by atoms with Crippen molar-refractivity contribution in [3.05, 3.63) is 39.2 Å². The molecule has 148 valence electrons. The molecular formula is C19H20N2O7. The molecule has 1 aromatic heterocycles. The Morgan fingerprint density at radius 3 is 2.61 bits per heavy atom. The van der Waals surface area contributed by atoms with Gasteiger partial charge in [0.2, 0.25) is 0 Å². The third kappa shape index (κ3) is 3.55. The highest BCUT2D eigenvalue weighted by Crippen LogP contribution is 2.29. The van der Waals surface area contributed by atoms with Crippen molar-refractivity contribution in [2.24, 2.45) is 0 Å². The first-order valence-electron chi connectivity index (χ1n) is 8.67. The number of rotatable bonds is 5. The number of aryl methyl sites for hydroxylation is 2. The Bertz CT molecular complexity index is 1030. The van der Waals surface area contributed by atoms with Crippen LogP contribution in [0, 0.1) is 13.8 Å². The van der Waals surface area contributed by atoms with Crippen LogP contribution in [0.3, 0.4) is 0 Å². The maximum absolute atomic E-state index is 12.3. The van der Waals surface area contributed by atoms with Crippen LogP contribution in [0.25, 0.3) is 11.0 Å². The number of nitrogens with zero attached hydrogens (tertiary/aromatic N) is 1. The number of methoxy groups -OCH3 is 1. The first-order chi connectivity index (χ1) is 13.3. The maximum Gasteiger partial charge on any atom is 0.340 e. The van der Waals surface area contributed by atoms with Crippen molar-refractivity contribution in [3.63, 3.8) is 0 Å². The van der Waals surface area contributed by atoms with Crippen LogP contribution in [-0.4, -0.2) is 49.6 Å². The topological polar surface area (TPSA) is 115 Å².